The van der Waals surface area contributed by atoms with Gasteiger partial charge in [-0.1, -0.05) is 35.5 Å². The van der Waals surface area contributed by atoms with Crippen LogP contribution in [0.2, 0.25) is 4.34 Å². The number of rotatable bonds is 6. The molecule has 3 rings (SSSR count). The van der Waals surface area contributed by atoms with E-state index in [1.54, 1.807) is 4.68 Å². The maximum Gasteiger partial charge on any atom is 0.230 e. The molecule has 0 aliphatic carbocycles. The fraction of sp³-hybridized carbons (Fsp3) is 0.200. The zero-order valence-corrected chi connectivity index (χ0v) is 15.2. The number of nitrogens with one attached hydrogen (secondary N) is 1. The van der Waals surface area contributed by atoms with Crippen molar-refractivity contribution in [1.82, 2.24) is 25.5 Å². The van der Waals surface area contributed by atoms with Crippen LogP contribution < -0.4 is 5.32 Å². The van der Waals surface area contributed by atoms with Crippen molar-refractivity contribution in [2.45, 2.75) is 18.6 Å². The lowest BCUT2D eigenvalue weighted by molar-refractivity contribution is -0.118. The van der Waals surface area contributed by atoms with E-state index in [2.05, 4.69) is 20.8 Å². The molecule has 0 unspecified atom stereocenters. The highest BCUT2D eigenvalue weighted by atomic mass is 35.5. The van der Waals surface area contributed by atoms with Crippen molar-refractivity contribution in [2.24, 2.45) is 0 Å². The lowest BCUT2D eigenvalue weighted by atomic mass is 10.2. The number of thiophene rings is 1. The number of amides is 1. The molecule has 3 aromatic rings. The zero-order valence-electron chi connectivity index (χ0n) is 12.8. The number of nitrogens with zero attached hydrogens (tertiary/aromatic N) is 4. The Kier molecular flexibility index (Phi) is 5.49. The fourth-order valence-corrected chi connectivity index (χ4v) is 3.75. The van der Waals surface area contributed by atoms with Crippen LogP contribution in [-0.2, 0) is 11.3 Å². The number of aryl methyl sites for hydroxylation is 1. The number of hydrogen-bond donors (Lipinski definition) is 1. The molecule has 0 radical (unpaired) electrons. The Morgan fingerprint density at radius 2 is 2.25 bits per heavy atom. The van der Waals surface area contributed by atoms with Gasteiger partial charge in [-0.25, -0.2) is 0 Å². The number of thioether (sulfide) groups is 1. The second-order valence-electron chi connectivity index (χ2n) is 4.98. The van der Waals surface area contributed by atoms with Crippen molar-refractivity contribution in [3.05, 3.63) is 51.2 Å². The second-order valence-corrected chi connectivity index (χ2v) is 7.73. The Hall–Kier alpha value is -1.90. The van der Waals surface area contributed by atoms with E-state index < -0.39 is 0 Å². The lowest BCUT2D eigenvalue weighted by Gasteiger charge is -2.05. The van der Waals surface area contributed by atoms with Crippen molar-refractivity contribution in [1.29, 1.82) is 0 Å². The maximum atomic E-state index is 12.0. The normalized spacial score (nSPS) is 10.8. The summed E-state index contributed by atoms with van der Waals surface area (Å²) in [5, 5.41) is 15.1. The monoisotopic (exact) mass is 379 g/mol. The largest absolute Gasteiger partial charge is 0.350 e. The highest BCUT2D eigenvalue weighted by Crippen LogP contribution is 2.21. The molecular weight excluding hydrogens is 366 g/mol. The number of hydrogen-bond acceptors (Lipinski definition) is 6. The molecule has 0 spiro atoms. The molecule has 0 atom stereocenters. The SMILES string of the molecule is Cc1cccc(-n2nnnc2SCC(=O)NCc2ccc(Cl)s2)c1. The van der Waals surface area contributed by atoms with Crippen LogP contribution in [0.25, 0.3) is 5.69 Å². The van der Waals surface area contributed by atoms with Crippen LogP contribution in [0, 0.1) is 6.92 Å². The number of benzene rings is 1. The van der Waals surface area contributed by atoms with E-state index in [9.17, 15) is 4.79 Å². The summed E-state index contributed by atoms with van der Waals surface area (Å²) in [6.45, 7) is 2.48. The van der Waals surface area contributed by atoms with Crippen molar-refractivity contribution >= 4 is 40.6 Å². The predicted molar refractivity (Wildman–Crippen MR) is 95.8 cm³/mol. The Morgan fingerprint density at radius 1 is 1.38 bits per heavy atom. The molecule has 1 amide bonds. The van der Waals surface area contributed by atoms with E-state index in [-0.39, 0.29) is 11.7 Å². The van der Waals surface area contributed by atoms with Gasteiger partial charge >= 0.3 is 0 Å². The first-order chi connectivity index (χ1) is 11.6. The van der Waals surface area contributed by atoms with E-state index in [1.807, 2.05) is 43.3 Å². The van der Waals surface area contributed by atoms with Gasteiger partial charge < -0.3 is 5.32 Å². The Labute approximate surface area is 152 Å². The van der Waals surface area contributed by atoms with Crippen molar-refractivity contribution in [3.8, 4) is 5.69 Å². The Bertz CT molecular complexity index is 848. The van der Waals surface area contributed by atoms with Gasteiger partial charge in [-0.05, 0) is 47.2 Å². The molecule has 6 nitrogen and oxygen atoms in total. The number of carbonyl (C=O) groups excluding carboxylic acids is 1. The molecule has 0 aliphatic rings. The summed E-state index contributed by atoms with van der Waals surface area (Å²) in [6.07, 6.45) is 0. The van der Waals surface area contributed by atoms with Crippen molar-refractivity contribution in [3.63, 3.8) is 0 Å². The van der Waals surface area contributed by atoms with Gasteiger partial charge in [0.25, 0.3) is 0 Å². The maximum absolute atomic E-state index is 12.0. The van der Waals surface area contributed by atoms with E-state index in [0.717, 1.165) is 16.1 Å². The summed E-state index contributed by atoms with van der Waals surface area (Å²) in [4.78, 5) is 13.0. The first-order valence-corrected chi connectivity index (χ1v) is 9.29. The van der Waals surface area contributed by atoms with Gasteiger partial charge in [0.15, 0.2) is 0 Å². The zero-order chi connectivity index (χ0) is 16.9. The van der Waals surface area contributed by atoms with Crippen molar-refractivity contribution in [2.75, 3.05) is 5.75 Å². The lowest BCUT2D eigenvalue weighted by Crippen LogP contribution is -2.24. The molecule has 0 saturated heterocycles. The summed E-state index contributed by atoms with van der Waals surface area (Å²) < 4.78 is 2.34. The molecule has 2 aromatic heterocycles. The van der Waals surface area contributed by atoms with Gasteiger partial charge in [-0.3, -0.25) is 4.79 Å². The van der Waals surface area contributed by atoms with Crippen LogP contribution in [0.15, 0.2) is 41.6 Å². The first kappa shape index (κ1) is 16.9. The van der Waals surface area contributed by atoms with Gasteiger partial charge in [0.2, 0.25) is 11.1 Å². The van der Waals surface area contributed by atoms with E-state index in [0.29, 0.717) is 16.0 Å². The van der Waals surface area contributed by atoms with E-state index in [1.165, 1.54) is 23.1 Å². The minimum atomic E-state index is -0.0803. The van der Waals surface area contributed by atoms with Crippen molar-refractivity contribution < 1.29 is 4.79 Å². The quantitative estimate of drug-likeness (QED) is 0.666. The number of halogens is 1. The molecule has 0 aliphatic heterocycles. The summed E-state index contributed by atoms with van der Waals surface area (Å²) in [5.74, 6) is 0.161. The third-order valence-electron chi connectivity index (χ3n) is 3.11. The molecule has 1 N–H and O–H groups in total. The molecule has 2 heterocycles. The molecule has 0 saturated carbocycles. The molecule has 0 fully saturated rings. The molecule has 9 heteroatoms. The summed E-state index contributed by atoms with van der Waals surface area (Å²) >= 11 is 8.62. The van der Waals surface area contributed by atoms with E-state index >= 15 is 0 Å². The topological polar surface area (TPSA) is 72.7 Å². The van der Waals surface area contributed by atoms with Crippen LogP contribution in [-0.4, -0.2) is 31.9 Å². The number of aromatic nitrogens is 4. The van der Waals surface area contributed by atoms with Crippen LogP contribution in [0.1, 0.15) is 10.4 Å². The van der Waals surface area contributed by atoms with Crippen LogP contribution in [0.5, 0.6) is 0 Å². The summed E-state index contributed by atoms with van der Waals surface area (Å²) in [7, 11) is 0. The minimum absolute atomic E-state index is 0.0803. The minimum Gasteiger partial charge on any atom is -0.350 e. The highest BCUT2D eigenvalue weighted by molar-refractivity contribution is 7.99. The Balaban J connectivity index is 1.57. The van der Waals surface area contributed by atoms with E-state index in [4.69, 9.17) is 11.6 Å². The van der Waals surface area contributed by atoms with Crippen LogP contribution >= 0.6 is 34.7 Å². The Morgan fingerprint density at radius 3 is 3.00 bits per heavy atom. The van der Waals surface area contributed by atoms with Gasteiger partial charge in [0, 0.05) is 4.88 Å². The summed E-state index contributed by atoms with van der Waals surface area (Å²) in [6, 6.07) is 11.6. The third kappa shape index (κ3) is 4.34. The molecular formula is C15H14ClN5OS2. The molecule has 0 bridgehead atoms. The summed E-state index contributed by atoms with van der Waals surface area (Å²) in [5.41, 5.74) is 1.99. The molecule has 124 valence electrons. The van der Waals surface area contributed by atoms with Crippen LogP contribution in [0.3, 0.4) is 0 Å². The van der Waals surface area contributed by atoms with Gasteiger partial charge in [0.1, 0.15) is 0 Å². The third-order valence-corrected chi connectivity index (χ3v) is 5.26. The average Bonchev–Trinajstić information content (AvgIpc) is 3.19. The highest BCUT2D eigenvalue weighted by Gasteiger charge is 2.11. The standard InChI is InChI=1S/C15H14ClN5OS2/c1-10-3-2-4-11(7-10)21-15(18-19-20-21)23-9-14(22)17-8-12-5-6-13(16)24-12/h2-7H,8-9H2,1H3,(H,17,22). The number of tetrazole rings is 1. The fourth-order valence-electron chi connectivity index (χ4n) is 2.00. The molecule has 24 heavy (non-hydrogen) atoms. The first-order valence-electron chi connectivity index (χ1n) is 7.11. The predicted octanol–water partition coefficient (Wildman–Crippen LogP) is 3.09. The van der Waals surface area contributed by atoms with Gasteiger partial charge in [0.05, 0.1) is 22.3 Å². The van der Waals surface area contributed by atoms with Gasteiger partial charge in [-0.2, -0.15) is 4.68 Å². The van der Waals surface area contributed by atoms with Gasteiger partial charge in [-0.15, -0.1) is 16.4 Å². The molecule has 1 aromatic carbocycles. The number of carbonyl (C=O) groups is 1. The smallest absolute Gasteiger partial charge is 0.230 e. The van der Waals surface area contributed by atoms with Crippen LogP contribution in [0.4, 0.5) is 0 Å². The second kappa shape index (κ2) is 7.78. The average molecular weight is 380 g/mol.